The van der Waals surface area contributed by atoms with Gasteiger partial charge in [0.2, 0.25) is 0 Å². The molecule has 0 saturated heterocycles. The van der Waals surface area contributed by atoms with Crippen molar-refractivity contribution in [1.29, 1.82) is 0 Å². The van der Waals surface area contributed by atoms with Crippen molar-refractivity contribution in [3.05, 3.63) is 0 Å². The fourth-order valence-corrected chi connectivity index (χ4v) is 2.56. The van der Waals surface area contributed by atoms with Crippen LogP contribution >= 0.6 is 0 Å². The smallest absolute Gasteiger partial charge is 0.191 e. The van der Waals surface area contributed by atoms with E-state index in [9.17, 15) is 0 Å². The Morgan fingerprint density at radius 2 is 1.67 bits per heavy atom. The van der Waals surface area contributed by atoms with E-state index >= 15 is 0 Å². The van der Waals surface area contributed by atoms with E-state index in [0.29, 0.717) is 12.0 Å². The topological polar surface area (TPSA) is 36.4 Å². The highest BCUT2D eigenvalue weighted by Crippen LogP contribution is 2.48. The third kappa shape index (κ3) is 3.89. The Hall–Kier alpha value is -0.730. The van der Waals surface area contributed by atoms with Crippen LogP contribution in [0.25, 0.3) is 0 Å². The van der Waals surface area contributed by atoms with Gasteiger partial charge in [-0.2, -0.15) is 0 Å². The quantitative estimate of drug-likeness (QED) is 0.562. The number of aliphatic imine (C=N–C) groups is 1. The average molecular weight is 251 g/mol. The summed E-state index contributed by atoms with van der Waals surface area (Å²) in [6.45, 7) is 7.81. The molecule has 0 radical (unpaired) electrons. The summed E-state index contributed by atoms with van der Waals surface area (Å²) >= 11 is 0. The fraction of sp³-hybridized carbons (Fsp3) is 0.933. The monoisotopic (exact) mass is 251 g/mol. The third-order valence-corrected chi connectivity index (χ3v) is 4.55. The van der Waals surface area contributed by atoms with Gasteiger partial charge < -0.3 is 10.6 Å². The number of nitrogens with zero attached hydrogens (tertiary/aromatic N) is 1. The lowest BCUT2D eigenvalue weighted by molar-refractivity contribution is 0.397. The summed E-state index contributed by atoms with van der Waals surface area (Å²) in [7, 11) is 1.87. The van der Waals surface area contributed by atoms with Crippen LogP contribution in [0, 0.1) is 23.7 Å². The lowest BCUT2D eigenvalue weighted by Crippen LogP contribution is -2.46. The van der Waals surface area contributed by atoms with Gasteiger partial charge in [-0.25, -0.2) is 0 Å². The normalized spacial score (nSPS) is 22.4. The van der Waals surface area contributed by atoms with Gasteiger partial charge in [0.15, 0.2) is 5.96 Å². The zero-order chi connectivity index (χ0) is 13.1. The van der Waals surface area contributed by atoms with Crippen LogP contribution in [0.15, 0.2) is 4.99 Å². The van der Waals surface area contributed by atoms with Crippen LogP contribution in [0.2, 0.25) is 0 Å². The molecule has 1 atom stereocenters. The summed E-state index contributed by atoms with van der Waals surface area (Å²) < 4.78 is 0. The largest absolute Gasteiger partial charge is 0.356 e. The summed E-state index contributed by atoms with van der Waals surface area (Å²) in [4.78, 5) is 4.34. The molecule has 2 fully saturated rings. The SMILES string of the molecule is CN=C(NCC(C1CC1)C1CC1)NC(C)C(C)C. The maximum Gasteiger partial charge on any atom is 0.191 e. The molecule has 2 saturated carbocycles. The van der Waals surface area contributed by atoms with Crippen molar-refractivity contribution in [3.8, 4) is 0 Å². The Labute approximate surface area is 112 Å². The Morgan fingerprint density at radius 3 is 2.06 bits per heavy atom. The maximum absolute atomic E-state index is 4.34. The third-order valence-electron chi connectivity index (χ3n) is 4.55. The molecule has 1 unspecified atom stereocenters. The van der Waals surface area contributed by atoms with E-state index in [1.54, 1.807) is 0 Å². The highest BCUT2D eigenvalue weighted by Gasteiger charge is 2.41. The molecule has 0 aromatic heterocycles. The van der Waals surface area contributed by atoms with Crippen molar-refractivity contribution in [3.63, 3.8) is 0 Å². The van der Waals surface area contributed by atoms with Gasteiger partial charge in [-0.15, -0.1) is 0 Å². The summed E-state index contributed by atoms with van der Waals surface area (Å²) in [6, 6.07) is 0.469. The molecule has 0 bridgehead atoms. The van der Waals surface area contributed by atoms with Crippen LogP contribution < -0.4 is 10.6 Å². The van der Waals surface area contributed by atoms with Crippen LogP contribution in [0.5, 0.6) is 0 Å². The summed E-state index contributed by atoms with van der Waals surface area (Å²) in [5.74, 6) is 4.52. The van der Waals surface area contributed by atoms with Gasteiger partial charge >= 0.3 is 0 Å². The van der Waals surface area contributed by atoms with Crippen LogP contribution in [0.1, 0.15) is 46.5 Å². The number of rotatable bonds is 6. The predicted molar refractivity (Wildman–Crippen MR) is 77.7 cm³/mol. The first-order chi connectivity index (χ1) is 8.61. The molecule has 2 rings (SSSR count). The highest BCUT2D eigenvalue weighted by atomic mass is 15.2. The minimum Gasteiger partial charge on any atom is -0.356 e. The molecule has 2 aliphatic carbocycles. The van der Waals surface area contributed by atoms with Crippen LogP contribution in [-0.2, 0) is 0 Å². The van der Waals surface area contributed by atoms with Gasteiger partial charge in [0.25, 0.3) is 0 Å². The summed E-state index contributed by atoms with van der Waals surface area (Å²) in [6.07, 6.45) is 5.82. The Bertz CT molecular complexity index is 278. The van der Waals surface area contributed by atoms with Gasteiger partial charge in [-0.3, -0.25) is 4.99 Å². The molecule has 0 aromatic rings. The van der Waals surface area contributed by atoms with E-state index in [-0.39, 0.29) is 0 Å². The second-order valence-electron chi connectivity index (χ2n) is 6.47. The number of hydrogen-bond acceptors (Lipinski definition) is 1. The molecule has 0 aliphatic heterocycles. The van der Waals surface area contributed by atoms with Crippen molar-refractivity contribution in [2.75, 3.05) is 13.6 Å². The molecule has 0 spiro atoms. The number of hydrogen-bond donors (Lipinski definition) is 2. The standard InChI is InChI=1S/C15H29N3/c1-10(2)11(3)18-15(16-4)17-9-14(12-5-6-12)13-7-8-13/h10-14H,5-9H2,1-4H3,(H2,16,17,18). The number of guanidine groups is 1. The van der Waals surface area contributed by atoms with Crippen molar-refractivity contribution in [2.24, 2.45) is 28.7 Å². The molecule has 2 N–H and O–H groups in total. The van der Waals surface area contributed by atoms with Crippen LogP contribution in [0.4, 0.5) is 0 Å². The van der Waals surface area contributed by atoms with Gasteiger partial charge in [-0.05, 0) is 56.3 Å². The molecule has 0 amide bonds. The minimum atomic E-state index is 0.469. The first-order valence-electron chi connectivity index (χ1n) is 7.59. The molecule has 104 valence electrons. The molecular formula is C15H29N3. The zero-order valence-electron chi connectivity index (χ0n) is 12.4. The average Bonchev–Trinajstić information content (AvgIpc) is 3.19. The molecule has 0 heterocycles. The lowest BCUT2D eigenvalue weighted by Gasteiger charge is -2.23. The first kappa shape index (κ1) is 13.7. The van der Waals surface area contributed by atoms with E-state index in [1.807, 2.05) is 7.05 Å². The highest BCUT2D eigenvalue weighted by molar-refractivity contribution is 5.79. The van der Waals surface area contributed by atoms with Gasteiger partial charge in [0.05, 0.1) is 0 Å². The van der Waals surface area contributed by atoms with E-state index in [0.717, 1.165) is 30.3 Å². The Morgan fingerprint density at radius 1 is 1.11 bits per heavy atom. The minimum absolute atomic E-state index is 0.469. The summed E-state index contributed by atoms with van der Waals surface area (Å²) in [5.41, 5.74) is 0. The molecule has 3 nitrogen and oxygen atoms in total. The van der Waals surface area contributed by atoms with Crippen LogP contribution in [0.3, 0.4) is 0 Å². The molecule has 0 aromatic carbocycles. The van der Waals surface area contributed by atoms with Gasteiger partial charge in [0.1, 0.15) is 0 Å². The Balaban J connectivity index is 1.75. The zero-order valence-corrected chi connectivity index (χ0v) is 12.4. The van der Waals surface area contributed by atoms with E-state index in [4.69, 9.17) is 0 Å². The second-order valence-corrected chi connectivity index (χ2v) is 6.47. The second kappa shape index (κ2) is 5.94. The number of nitrogens with one attached hydrogen (secondary N) is 2. The van der Waals surface area contributed by atoms with Crippen molar-refractivity contribution in [1.82, 2.24) is 10.6 Å². The van der Waals surface area contributed by atoms with Crippen molar-refractivity contribution < 1.29 is 0 Å². The first-order valence-corrected chi connectivity index (χ1v) is 7.59. The van der Waals surface area contributed by atoms with Gasteiger partial charge in [0, 0.05) is 19.6 Å². The Kier molecular flexibility index (Phi) is 4.52. The van der Waals surface area contributed by atoms with Crippen molar-refractivity contribution in [2.45, 2.75) is 52.5 Å². The van der Waals surface area contributed by atoms with Crippen LogP contribution in [-0.4, -0.2) is 25.6 Å². The van der Waals surface area contributed by atoms with E-state index < -0.39 is 0 Å². The van der Waals surface area contributed by atoms with E-state index in [2.05, 4.69) is 36.4 Å². The van der Waals surface area contributed by atoms with E-state index in [1.165, 1.54) is 25.7 Å². The molecule has 3 heteroatoms. The summed E-state index contributed by atoms with van der Waals surface area (Å²) in [5, 5.41) is 7.02. The molecule has 2 aliphatic rings. The predicted octanol–water partition coefficient (Wildman–Crippen LogP) is 2.63. The van der Waals surface area contributed by atoms with Crippen molar-refractivity contribution >= 4 is 5.96 Å². The lowest BCUT2D eigenvalue weighted by atomic mass is 9.98. The maximum atomic E-state index is 4.34. The fourth-order valence-electron chi connectivity index (χ4n) is 2.56. The molecule has 18 heavy (non-hydrogen) atoms. The van der Waals surface area contributed by atoms with Gasteiger partial charge in [-0.1, -0.05) is 13.8 Å². The molecular weight excluding hydrogens is 222 g/mol.